The van der Waals surface area contributed by atoms with Crippen molar-refractivity contribution in [3.63, 3.8) is 0 Å². The molecule has 0 radical (unpaired) electrons. The zero-order chi connectivity index (χ0) is 15.5. The maximum Gasteiger partial charge on any atom is 0.241 e. The zero-order valence-electron chi connectivity index (χ0n) is 12.0. The van der Waals surface area contributed by atoms with Crippen LogP contribution in [0, 0.1) is 0 Å². The number of sulfonamides is 1. The van der Waals surface area contributed by atoms with Crippen molar-refractivity contribution < 1.29 is 18.3 Å². The summed E-state index contributed by atoms with van der Waals surface area (Å²) in [6.45, 7) is 3.89. The van der Waals surface area contributed by atoms with Gasteiger partial charge in [0.1, 0.15) is 5.75 Å². The molecule has 1 atom stereocenters. The van der Waals surface area contributed by atoms with Gasteiger partial charge in [0.05, 0.1) is 17.6 Å². The Morgan fingerprint density at radius 2 is 1.86 bits per heavy atom. The maximum absolute atomic E-state index is 12.4. The molecule has 2 aromatic rings. The van der Waals surface area contributed by atoms with Gasteiger partial charge in [-0.2, -0.15) is 0 Å². The van der Waals surface area contributed by atoms with Crippen LogP contribution in [0.5, 0.6) is 5.75 Å². The molecule has 0 aliphatic carbocycles. The van der Waals surface area contributed by atoms with E-state index < -0.39 is 16.1 Å². The van der Waals surface area contributed by atoms with Crippen molar-refractivity contribution in [2.75, 3.05) is 13.2 Å². The summed E-state index contributed by atoms with van der Waals surface area (Å²) in [5.74, 6) is 0.655. The second kappa shape index (κ2) is 6.43. The van der Waals surface area contributed by atoms with Gasteiger partial charge in [0.15, 0.2) is 0 Å². The molecular formula is C15H19NO4S. The standard InChI is InChI=1S/C15H19NO4S/c1-3-20-14-8-9-15(13-7-5-4-6-12(13)14)21(18,19)16-10-11(2)17/h4-9,11,16-17H,3,10H2,1-2H3/t11-/m1/s1. The Balaban J connectivity index is 2.53. The first kappa shape index (κ1) is 15.8. The van der Waals surface area contributed by atoms with E-state index in [0.717, 1.165) is 5.39 Å². The van der Waals surface area contributed by atoms with Gasteiger partial charge < -0.3 is 9.84 Å². The summed E-state index contributed by atoms with van der Waals surface area (Å²) in [5, 5.41) is 10.6. The lowest BCUT2D eigenvalue weighted by Gasteiger charge is -2.13. The summed E-state index contributed by atoms with van der Waals surface area (Å²) in [4.78, 5) is 0.183. The van der Waals surface area contributed by atoms with Crippen molar-refractivity contribution in [2.45, 2.75) is 24.8 Å². The Kier molecular flexibility index (Phi) is 4.82. The largest absolute Gasteiger partial charge is 0.493 e. The van der Waals surface area contributed by atoms with Crippen LogP contribution < -0.4 is 9.46 Å². The van der Waals surface area contributed by atoms with Crippen molar-refractivity contribution in [3.05, 3.63) is 36.4 Å². The summed E-state index contributed by atoms with van der Waals surface area (Å²) in [7, 11) is -3.68. The average molecular weight is 309 g/mol. The number of hydrogen-bond acceptors (Lipinski definition) is 4. The minimum absolute atomic E-state index is 0.0239. The van der Waals surface area contributed by atoms with Crippen LogP contribution in [0.3, 0.4) is 0 Å². The third-order valence-electron chi connectivity index (χ3n) is 3.00. The molecule has 6 heteroatoms. The topological polar surface area (TPSA) is 75.6 Å². The fourth-order valence-corrected chi connectivity index (χ4v) is 3.40. The van der Waals surface area contributed by atoms with E-state index in [0.29, 0.717) is 17.7 Å². The first-order valence-electron chi connectivity index (χ1n) is 6.78. The number of aliphatic hydroxyl groups is 1. The quantitative estimate of drug-likeness (QED) is 0.854. The molecular weight excluding hydrogens is 290 g/mol. The molecule has 0 aliphatic rings. The van der Waals surface area contributed by atoms with Crippen molar-refractivity contribution in [1.29, 1.82) is 0 Å². The normalized spacial score (nSPS) is 13.3. The van der Waals surface area contributed by atoms with Crippen molar-refractivity contribution in [2.24, 2.45) is 0 Å². The van der Waals surface area contributed by atoms with Gasteiger partial charge in [-0.1, -0.05) is 24.3 Å². The van der Waals surface area contributed by atoms with Crippen LogP contribution in [-0.2, 0) is 10.0 Å². The number of benzene rings is 2. The van der Waals surface area contributed by atoms with E-state index in [1.807, 2.05) is 19.1 Å². The minimum Gasteiger partial charge on any atom is -0.493 e. The molecule has 21 heavy (non-hydrogen) atoms. The van der Waals surface area contributed by atoms with Gasteiger partial charge in [-0.3, -0.25) is 0 Å². The molecule has 2 aromatic carbocycles. The average Bonchev–Trinajstić information content (AvgIpc) is 2.46. The molecule has 0 aliphatic heterocycles. The Morgan fingerprint density at radius 3 is 2.48 bits per heavy atom. The second-order valence-corrected chi connectivity index (χ2v) is 6.48. The molecule has 0 amide bonds. The van der Waals surface area contributed by atoms with Crippen molar-refractivity contribution >= 4 is 20.8 Å². The van der Waals surface area contributed by atoms with Gasteiger partial charge in [-0.05, 0) is 26.0 Å². The summed E-state index contributed by atoms with van der Waals surface area (Å²) in [6.07, 6.45) is -0.742. The van der Waals surface area contributed by atoms with Crippen LogP contribution in [0.25, 0.3) is 10.8 Å². The van der Waals surface area contributed by atoms with Crippen LogP contribution >= 0.6 is 0 Å². The monoisotopic (exact) mass is 309 g/mol. The third kappa shape index (κ3) is 3.53. The van der Waals surface area contributed by atoms with Gasteiger partial charge in [-0.15, -0.1) is 0 Å². The van der Waals surface area contributed by atoms with Crippen LogP contribution in [0.1, 0.15) is 13.8 Å². The lowest BCUT2D eigenvalue weighted by molar-refractivity contribution is 0.198. The molecule has 0 fully saturated rings. The van der Waals surface area contributed by atoms with E-state index in [1.54, 1.807) is 18.2 Å². The highest BCUT2D eigenvalue weighted by Gasteiger charge is 2.19. The van der Waals surface area contributed by atoms with E-state index in [-0.39, 0.29) is 11.4 Å². The van der Waals surface area contributed by atoms with Gasteiger partial charge in [-0.25, -0.2) is 13.1 Å². The first-order valence-corrected chi connectivity index (χ1v) is 8.26. The van der Waals surface area contributed by atoms with Gasteiger partial charge >= 0.3 is 0 Å². The van der Waals surface area contributed by atoms with Crippen LogP contribution in [0.4, 0.5) is 0 Å². The Morgan fingerprint density at radius 1 is 1.19 bits per heavy atom. The fourth-order valence-electron chi connectivity index (χ4n) is 2.07. The predicted molar refractivity (Wildman–Crippen MR) is 82.0 cm³/mol. The second-order valence-electron chi connectivity index (χ2n) is 4.74. The highest BCUT2D eigenvalue weighted by molar-refractivity contribution is 7.89. The first-order chi connectivity index (χ1) is 9.95. The molecule has 0 bridgehead atoms. The maximum atomic E-state index is 12.4. The van der Waals surface area contributed by atoms with Gasteiger partial charge in [0, 0.05) is 17.3 Å². The van der Waals surface area contributed by atoms with Crippen molar-refractivity contribution in [1.82, 2.24) is 4.72 Å². The number of hydrogen-bond donors (Lipinski definition) is 2. The Hall–Kier alpha value is -1.63. The summed E-state index contributed by atoms with van der Waals surface area (Å²) in [6, 6.07) is 10.4. The van der Waals surface area contributed by atoms with E-state index in [9.17, 15) is 13.5 Å². The van der Waals surface area contributed by atoms with Crippen LogP contribution in [0.2, 0.25) is 0 Å². The highest BCUT2D eigenvalue weighted by atomic mass is 32.2. The molecule has 0 heterocycles. The molecule has 0 saturated heterocycles. The van der Waals surface area contributed by atoms with E-state index in [4.69, 9.17) is 4.74 Å². The molecule has 114 valence electrons. The predicted octanol–water partition coefficient (Wildman–Crippen LogP) is 1.90. The van der Waals surface area contributed by atoms with Gasteiger partial charge in [0.25, 0.3) is 0 Å². The minimum atomic E-state index is -3.68. The Bertz CT molecular complexity index is 726. The molecule has 5 nitrogen and oxygen atoms in total. The number of fused-ring (bicyclic) bond motifs is 1. The van der Waals surface area contributed by atoms with Crippen LogP contribution in [-0.4, -0.2) is 32.8 Å². The summed E-state index contributed by atoms with van der Waals surface area (Å²) >= 11 is 0. The number of aliphatic hydroxyl groups excluding tert-OH is 1. The van der Waals surface area contributed by atoms with Gasteiger partial charge in [0.2, 0.25) is 10.0 Å². The highest BCUT2D eigenvalue weighted by Crippen LogP contribution is 2.30. The third-order valence-corrected chi connectivity index (χ3v) is 4.48. The van der Waals surface area contributed by atoms with Crippen LogP contribution in [0.15, 0.2) is 41.3 Å². The zero-order valence-corrected chi connectivity index (χ0v) is 12.9. The Labute approximate surface area is 124 Å². The van der Waals surface area contributed by atoms with E-state index in [2.05, 4.69) is 4.72 Å². The summed E-state index contributed by atoms with van der Waals surface area (Å²) < 4.78 is 32.6. The number of nitrogens with one attached hydrogen (secondary N) is 1. The lowest BCUT2D eigenvalue weighted by Crippen LogP contribution is -2.30. The van der Waals surface area contributed by atoms with E-state index >= 15 is 0 Å². The smallest absolute Gasteiger partial charge is 0.241 e. The molecule has 0 unspecified atom stereocenters. The lowest BCUT2D eigenvalue weighted by atomic mass is 10.1. The fraction of sp³-hybridized carbons (Fsp3) is 0.333. The summed E-state index contributed by atoms with van der Waals surface area (Å²) in [5.41, 5.74) is 0. The number of rotatable bonds is 6. The molecule has 0 spiro atoms. The molecule has 0 saturated carbocycles. The molecule has 0 aromatic heterocycles. The SMILES string of the molecule is CCOc1ccc(S(=O)(=O)NC[C@@H](C)O)c2ccccc12. The van der Waals surface area contributed by atoms with E-state index in [1.165, 1.54) is 13.0 Å². The van der Waals surface area contributed by atoms with Crippen molar-refractivity contribution in [3.8, 4) is 5.75 Å². The molecule has 2 rings (SSSR count). The molecule has 2 N–H and O–H groups in total. The number of ether oxygens (including phenoxy) is 1.